The highest BCUT2D eigenvalue weighted by Crippen LogP contribution is 2.33. The lowest BCUT2D eigenvalue weighted by molar-refractivity contribution is 0.271. The zero-order valence-electron chi connectivity index (χ0n) is 8.62. The van der Waals surface area contributed by atoms with Crippen molar-refractivity contribution in [1.82, 2.24) is 4.98 Å². The van der Waals surface area contributed by atoms with Crippen LogP contribution in [0.1, 0.15) is 31.4 Å². The number of hydrogen-bond acceptors (Lipinski definition) is 3. The van der Waals surface area contributed by atoms with E-state index in [0.29, 0.717) is 6.04 Å². The monoisotopic (exact) mass is 269 g/mol. The highest BCUT2D eigenvalue weighted by Gasteiger charge is 2.33. The highest BCUT2D eigenvalue weighted by atomic mass is 79.9. The van der Waals surface area contributed by atoms with Crippen molar-refractivity contribution in [2.75, 3.05) is 0 Å². The lowest BCUT2D eigenvalue weighted by atomic mass is 9.78. The van der Waals surface area contributed by atoms with Gasteiger partial charge in [-0.2, -0.15) is 0 Å². The standard InChI is InChI=1S/C11H16BrN3/c12-8-3-6-15-10(7-8)11(14)4-1-9(13)2-5-11/h3,6-7,9H,1-2,4-5,13-14H2. The zero-order chi connectivity index (χ0) is 10.9. The smallest absolute Gasteiger partial charge is 0.0613 e. The average molecular weight is 270 g/mol. The predicted octanol–water partition coefficient (Wildman–Crippen LogP) is 1.90. The molecule has 1 heterocycles. The van der Waals surface area contributed by atoms with E-state index in [0.717, 1.165) is 35.8 Å². The van der Waals surface area contributed by atoms with Gasteiger partial charge in [0.05, 0.1) is 11.2 Å². The molecule has 3 nitrogen and oxygen atoms in total. The minimum atomic E-state index is -0.278. The number of nitrogens with two attached hydrogens (primary N) is 2. The maximum atomic E-state index is 6.37. The van der Waals surface area contributed by atoms with E-state index in [4.69, 9.17) is 11.5 Å². The first kappa shape index (κ1) is 11.0. The second-order valence-electron chi connectivity index (χ2n) is 4.35. The summed E-state index contributed by atoms with van der Waals surface area (Å²) in [6.45, 7) is 0. The molecule has 0 aliphatic heterocycles. The van der Waals surface area contributed by atoms with E-state index in [1.807, 2.05) is 12.1 Å². The van der Waals surface area contributed by atoms with Crippen LogP contribution in [0.4, 0.5) is 0 Å². The number of hydrogen-bond donors (Lipinski definition) is 2. The number of nitrogens with zero attached hydrogens (tertiary/aromatic N) is 1. The Morgan fingerprint density at radius 1 is 1.40 bits per heavy atom. The van der Waals surface area contributed by atoms with Crippen LogP contribution >= 0.6 is 15.9 Å². The molecule has 0 unspecified atom stereocenters. The van der Waals surface area contributed by atoms with Gasteiger partial charge in [0.2, 0.25) is 0 Å². The van der Waals surface area contributed by atoms with Crippen molar-refractivity contribution >= 4 is 15.9 Å². The van der Waals surface area contributed by atoms with Gasteiger partial charge in [0.1, 0.15) is 0 Å². The molecule has 0 bridgehead atoms. The summed E-state index contributed by atoms with van der Waals surface area (Å²) in [6.07, 6.45) is 5.63. The molecule has 0 amide bonds. The first-order valence-electron chi connectivity index (χ1n) is 5.27. The minimum Gasteiger partial charge on any atom is -0.328 e. The van der Waals surface area contributed by atoms with Crippen LogP contribution in [0, 0.1) is 0 Å². The van der Waals surface area contributed by atoms with Gasteiger partial charge in [-0.3, -0.25) is 4.98 Å². The molecule has 0 saturated heterocycles. The van der Waals surface area contributed by atoms with Gasteiger partial charge in [0.15, 0.2) is 0 Å². The molecule has 0 aromatic carbocycles. The number of halogens is 1. The third-order valence-electron chi connectivity index (χ3n) is 3.15. The first-order chi connectivity index (χ1) is 7.10. The molecule has 4 N–H and O–H groups in total. The molecule has 0 spiro atoms. The van der Waals surface area contributed by atoms with E-state index in [9.17, 15) is 0 Å². The second-order valence-corrected chi connectivity index (χ2v) is 5.27. The summed E-state index contributed by atoms with van der Waals surface area (Å²) in [7, 11) is 0. The van der Waals surface area contributed by atoms with Crippen LogP contribution in [0.2, 0.25) is 0 Å². The average Bonchev–Trinajstić information content (AvgIpc) is 2.23. The molecule has 1 aliphatic carbocycles. The van der Waals surface area contributed by atoms with Gasteiger partial charge in [0.25, 0.3) is 0 Å². The normalized spacial score (nSPS) is 31.5. The minimum absolute atomic E-state index is 0.278. The fraction of sp³-hybridized carbons (Fsp3) is 0.545. The molecule has 82 valence electrons. The van der Waals surface area contributed by atoms with Crippen molar-refractivity contribution in [3.8, 4) is 0 Å². The Balaban J connectivity index is 2.22. The molecule has 4 heteroatoms. The quantitative estimate of drug-likeness (QED) is 0.819. The first-order valence-corrected chi connectivity index (χ1v) is 6.06. The molecule has 1 aromatic rings. The van der Waals surface area contributed by atoms with E-state index in [1.165, 1.54) is 0 Å². The molecular weight excluding hydrogens is 254 g/mol. The van der Waals surface area contributed by atoms with Crippen LogP contribution in [0.25, 0.3) is 0 Å². The van der Waals surface area contributed by atoms with Gasteiger partial charge in [0, 0.05) is 16.7 Å². The highest BCUT2D eigenvalue weighted by molar-refractivity contribution is 9.10. The van der Waals surface area contributed by atoms with E-state index in [1.54, 1.807) is 6.20 Å². The number of pyridine rings is 1. The predicted molar refractivity (Wildman–Crippen MR) is 64.2 cm³/mol. The van der Waals surface area contributed by atoms with Crippen LogP contribution in [-0.2, 0) is 5.54 Å². The van der Waals surface area contributed by atoms with Crippen molar-refractivity contribution in [3.05, 3.63) is 28.5 Å². The Kier molecular flexibility index (Phi) is 3.09. The van der Waals surface area contributed by atoms with E-state index >= 15 is 0 Å². The van der Waals surface area contributed by atoms with Gasteiger partial charge >= 0.3 is 0 Å². The number of aromatic nitrogens is 1. The van der Waals surface area contributed by atoms with Crippen LogP contribution in [-0.4, -0.2) is 11.0 Å². The molecule has 1 saturated carbocycles. The number of rotatable bonds is 1. The summed E-state index contributed by atoms with van der Waals surface area (Å²) >= 11 is 3.44. The summed E-state index contributed by atoms with van der Waals surface area (Å²) in [5.74, 6) is 0. The van der Waals surface area contributed by atoms with Crippen LogP contribution in [0.3, 0.4) is 0 Å². The van der Waals surface area contributed by atoms with Gasteiger partial charge in [-0.1, -0.05) is 15.9 Å². The van der Waals surface area contributed by atoms with Crippen LogP contribution in [0.5, 0.6) is 0 Å². The molecule has 0 radical (unpaired) electrons. The second kappa shape index (κ2) is 4.20. The molecule has 0 atom stereocenters. The maximum absolute atomic E-state index is 6.37. The van der Waals surface area contributed by atoms with E-state index in [-0.39, 0.29) is 5.54 Å². The molecular formula is C11H16BrN3. The molecule has 1 aromatic heterocycles. The lowest BCUT2D eigenvalue weighted by Gasteiger charge is -2.35. The topological polar surface area (TPSA) is 64.9 Å². The maximum Gasteiger partial charge on any atom is 0.0613 e. The van der Waals surface area contributed by atoms with Crippen LogP contribution in [0.15, 0.2) is 22.8 Å². The van der Waals surface area contributed by atoms with E-state index in [2.05, 4.69) is 20.9 Å². The summed E-state index contributed by atoms with van der Waals surface area (Å²) in [4.78, 5) is 4.36. The van der Waals surface area contributed by atoms with Crippen molar-refractivity contribution in [2.24, 2.45) is 11.5 Å². The Bertz CT molecular complexity index is 345. The van der Waals surface area contributed by atoms with Gasteiger partial charge in [-0.25, -0.2) is 0 Å². The van der Waals surface area contributed by atoms with Crippen molar-refractivity contribution in [3.63, 3.8) is 0 Å². The van der Waals surface area contributed by atoms with Crippen molar-refractivity contribution < 1.29 is 0 Å². The van der Waals surface area contributed by atoms with Gasteiger partial charge in [-0.05, 0) is 37.8 Å². The largest absolute Gasteiger partial charge is 0.328 e. The van der Waals surface area contributed by atoms with Gasteiger partial charge in [-0.15, -0.1) is 0 Å². The fourth-order valence-corrected chi connectivity index (χ4v) is 2.42. The molecule has 1 fully saturated rings. The summed E-state index contributed by atoms with van der Waals surface area (Å²) in [5, 5.41) is 0. The molecule has 15 heavy (non-hydrogen) atoms. The summed E-state index contributed by atoms with van der Waals surface area (Å²) < 4.78 is 1.03. The lowest BCUT2D eigenvalue weighted by Crippen LogP contribution is -2.44. The molecule has 2 rings (SSSR count). The van der Waals surface area contributed by atoms with Crippen molar-refractivity contribution in [1.29, 1.82) is 0 Å². The molecule has 1 aliphatic rings. The van der Waals surface area contributed by atoms with Crippen molar-refractivity contribution in [2.45, 2.75) is 37.3 Å². The summed E-state index contributed by atoms with van der Waals surface area (Å²) in [5.41, 5.74) is 12.9. The Morgan fingerprint density at radius 3 is 2.67 bits per heavy atom. The van der Waals surface area contributed by atoms with E-state index < -0.39 is 0 Å². The summed E-state index contributed by atoms with van der Waals surface area (Å²) in [6, 6.07) is 4.24. The SMILES string of the molecule is NC1CCC(N)(c2cc(Br)ccn2)CC1. The van der Waals surface area contributed by atoms with Gasteiger partial charge < -0.3 is 11.5 Å². The Hall–Kier alpha value is -0.450. The third kappa shape index (κ3) is 2.38. The third-order valence-corrected chi connectivity index (χ3v) is 3.65. The Morgan fingerprint density at radius 2 is 2.07 bits per heavy atom. The zero-order valence-corrected chi connectivity index (χ0v) is 10.2. The fourth-order valence-electron chi connectivity index (χ4n) is 2.09. The Labute approximate surface area is 98.4 Å². The van der Waals surface area contributed by atoms with Crippen LogP contribution < -0.4 is 11.5 Å².